The second-order valence-electron chi connectivity index (χ2n) is 9.67. The predicted octanol–water partition coefficient (Wildman–Crippen LogP) is 4.34. The second-order valence-corrected chi connectivity index (χ2v) is 11.5. The molecule has 1 aromatic carbocycles. The van der Waals surface area contributed by atoms with Gasteiger partial charge in [0.1, 0.15) is 0 Å². The average molecular weight is 433 g/mol. The van der Waals surface area contributed by atoms with Crippen LogP contribution >= 0.6 is 0 Å². The Morgan fingerprint density at radius 3 is 1.93 bits per heavy atom. The first kappa shape index (κ1) is 21.8. The van der Waals surface area contributed by atoms with Gasteiger partial charge in [-0.15, -0.1) is 0 Å². The molecule has 1 heterocycles. The molecule has 0 atom stereocenters. The van der Waals surface area contributed by atoms with Crippen molar-refractivity contribution in [2.75, 3.05) is 13.1 Å². The van der Waals surface area contributed by atoms with Crippen molar-refractivity contribution in [3.05, 3.63) is 28.8 Å². The lowest BCUT2D eigenvalue weighted by molar-refractivity contribution is -0.140. The summed E-state index contributed by atoms with van der Waals surface area (Å²) >= 11 is 0. The summed E-state index contributed by atoms with van der Waals surface area (Å²) in [5.41, 5.74) is 2.70. The van der Waals surface area contributed by atoms with Gasteiger partial charge < -0.3 is 4.90 Å². The van der Waals surface area contributed by atoms with Gasteiger partial charge in [-0.1, -0.05) is 37.0 Å². The zero-order chi connectivity index (χ0) is 21.5. The third-order valence-corrected chi connectivity index (χ3v) is 9.37. The van der Waals surface area contributed by atoms with Crippen LogP contribution in [0.5, 0.6) is 0 Å². The van der Waals surface area contributed by atoms with E-state index in [1.165, 1.54) is 19.3 Å². The lowest BCUT2D eigenvalue weighted by Gasteiger charge is -2.39. The fraction of sp³-hybridized carbons (Fsp3) is 0.708. The molecule has 1 aliphatic heterocycles. The number of carbonyl (C=O) groups is 1. The van der Waals surface area contributed by atoms with E-state index in [9.17, 15) is 13.2 Å². The number of sulfonamides is 1. The van der Waals surface area contributed by atoms with E-state index < -0.39 is 10.0 Å². The molecule has 166 valence electrons. The summed E-state index contributed by atoms with van der Waals surface area (Å²) in [7, 11) is -3.53. The zero-order valence-corrected chi connectivity index (χ0v) is 19.5. The summed E-state index contributed by atoms with van der Waals surface area (Å²) in [6.45, 7) is 6.62. The molecule has 3 aliphatic rings. The summed E-state index contributed by atoms with van der Waals surface area (Å²) in [6.07, 6.45) is 9.58. The second kappa shape index (κ2) is 8.62. The van der Waals surface area contributed by atoms with Gasteiger partial charge in [0.25, 0.3) is 0 Å². The van der Waals surface area contributed by atoms with Crippen LogP contribution in [0.4, 0.5) is 0 Å². The van der Waals surface area contributed by atoms with E-state index >= 15 is 0 Å². The Kier molecular flexibility index (Phi) is 6.27. The topological polar surface area (TPSA) is 57.7 Å². The van der Waals surface area contributed by atoms with Crippen molar-refractivity contribution in [3.8, 4) is 0 Å². The highest BCUT2D eigenvalue weighted by Gasteiger charge is 2.42. The number of rotatable bonds is 5. The maximum absolute atomic E-state index is 13.4. The molecule has 2 saturated carbocycles. The number of hydrogen-bond acceptors (Lipinski definition) is 3. The van der Waals surface area contributed by atoms with Gasteiger partial charge in [-0.25, -0.2) is 8.42 Å². The van der Waals surface area contributed by atoms with E-state index in [0.717, 1.165) is 42.4 Å². The van der Waals surface area contributed by atoms with Crippen LogP contribution in [0.1, 0.15) is 74.5 Å². The van der Waals surface area contributed by atoms with Gasteiger partial charge in [-0.05, 0) is 70.4 Å². The maximum Gasteiger partial charge on any atom is 0.243 e. The standard InChI is InChI=1S/C24H36N2O3S/c1-17-15-18(2)23(19(3)16-17)30(28,29)25-13-11-20(12-14-25)24(27)26(22-9-10-22)21-7-5-4-6-8-21/h15-16,20-22H,4-14H2,1-3H3. The van der Waals surface area contributed by atoms with E-state index in [0.29, 0.717) is 48.8 Å². The van der Waals surface area contributed by atoms with Crippen LogP contribution in [-0.2, 0) is 14.8 Å². The van der Waals surface area contributed by atoms with E-state index in [1.807, 2.05) is 32.9 Å². The molecule has 1 amide bonds. The van der Waals surface area contributed by atoms with Crippen LogP contribution in [-0.4, -0.2) is 48.7 Å². The van der Waals surface area contributed by atoms with Crippen molar-refractivity contribution in [2.45, 2.75) is 95.5 Å². The van der Waals surface area contributed by atoms with Crippen molar-refractivity contribution < 1.29 is 13.2 Å². The fourth-order valence-electron chi connectivity index (χ4n) is 5.63. The van der Waals surface area contributed by atoms with Gasteiger partial charge in [0.05, 0.1) is 4.90 Å². The molecule has 2 aliphatic carbocycles. The highest BCUT2D eigenvalue weighted by atomic mass is 32.2. The molecular formula is C24H36N2O3S. The van der Waals surface area contributed by atoms with E-state index in [2.05, 4.69) is 4.90 Å². The van der Waals surface area contributed by atoms with Crippen molar-refractivity contribution in [3.63, 3.8) is 0 Å². The lowest BCUT2D eigenvalue weighted by atomic mass is 9.91. The number of aryl methyl sites for hydroxylation is 3. The maximum atomic E-state index is 13.4. The fourth-order valence-corrected chi connectivity index (χ4v) is 7.51. The molecular weight excluding hydrogens is 396 g/mol. The molecule has 0 radical (unpaired) electrons. The number of benzene rings is 1. The predicted molar refractivity (Wildman–Crippen MR) is 119 cm³/mol. The monoisotopic (exact) mass is 432 g/mol. The van der Waals surface area contributed by atoms with Crippen molar-refractivity contribution >= 4 is 15.9 Å². The van der Waals surface area contributed by atoms with Crippen LogP contribution < -0.4 is 0 Å². The highest BCUT2D eigenvalue weighted by molar-refractivity contribution is 7.89. The first-order valence-corrected chi connectivity index (χ1v) is 13.1. The van der Waals surface area contributed by atoms with Crippen LogP contribution in [0.3, 0.4) is 0 Å². The molecule has 0 unspecified atom stereocenters. The molecule has 0 bridgehead atoms. The van der Waals surface area contributed by atoms with E-state index in [-0.39, 0.29) is 5.92 Å². The molecule has 30 heavy (non-hydrogen) atoms. The molecule has 5 nitrogen and oxygen atoms in total. The molecule has 6 heteroatoms. The minimum absolute atomic E-state index is 0.0285. The van der Waals surface area contributed by atoms with Gasteiger partial charge >= 0.3 is 0 Å². The van der Waals surface area contributed by atoms with Gasteiger partial charge in [-0.3, -0.25) is 4.79 Å². The Hall–Kier alpha value is -1.40. The summed E-state index contributed by atoms with van der Waals surface area (Å²) in [6, 6.07) is 4.74. The average Bonchev–Trinajstić information content (AvgIpc) is 3.53. The van der Waals surface area contributed by atoms with Crippen LogP contribution in [0.2, 0.25) is 0 Å². The Balaban J connectivity index is 1.45. The minimum Gasteiger partial charge on any atom is -0.336 e. The van der Waals surface area contributed by atoms with Gasteiger partial charge in [-0.2, -0.15) is 4.31 Å². The summed E-state index contributed by atoms with van der Waals surface area (Å²) < 4.78 is 28.3. The number of piperidine rings is 1. The van der Waals surface area contributed by atoms with Crippen molar-refractivity contribution in [2.24, 2.45) is 5.92 Å². The smallest absolute Gasteiger partial charge is 0.243 e. The molecule has 0 N–H and O–H groups in total. The number of carbonyl (C=O) groups excluding carboxylic acids is 1. The van der Waals surface area contributed by atoms with Crippen LogP contribution in [0, 0.1) is 26.7 Å². The van der Waals surface area contributed by atoms with E-state index in [1.54, 1.807) is 4.31 Å². The Labute approximate surface area is 181 Å². The minimum atomic E-state index is -3.53. The SMILES string of the molecule is Cc1cc(C)c(S(=O)(=O)N2CCC(C(=O)N(C3CCCCC3)C3CC3)CC2)c(C)c1. The molecule has 0 spiro atoms. The van der Waals surface area contributed by atoms with Crippen molar-refractivity contribution in [1.82, 2.24) is 9.21 Å². The highest BCUT2D eigenvalue weighted by Crippen LogP contribution is 2.37. The first-order valence-electron chi connectivity index (χ1n) is 11.7. The third-order valence-electron chi connectivity index (χ3n) is 7.17. The largest absolute Gasteiger partial charge is 0.336 e. The number of hydrogen-bond donors (Lipinski definition) is 0. The number of amides is 1. The summed E-state index contributed by atoms with van der Waals surface area (Å²) in [5.74, 6) is 0.267. The summed E-state index contributed by atoms with van der Waals surface area (Å²) in [5, 5.41) is 0. The van der Waals surface area contributed by atoms with Crippen LogP contribution in [0.25, 0.3) is 0 Å². The molecule has 1 aromatic rings. The molecule has 0 aromatic heterocycles. The molecule has 4 rings (SSSR count). The number of nitrogens with zero attached hydrogens (tertiary/aromatic N) is 2. The van der Waals surface area contributed by atoms with Gasteiger partial charge in [0.15, 0.2) is 0 Å². The zero-order valence-electron chi connectivity index (χ0n) is 18.7. The lowest BCUT2D eigenvalue weighted by Crippen LogP contribution is -2.49. The Morgan fingerprint density at radius 2 is 1.40 bits per heavy atom. The first-order chi connectivity index (χ1) is 14.3. The van der Waals surface area contributed by atoms with Gasteiger partial charge in [0.2, 0.25) is 15.9 Å². The van der Waals surface area contributed by atoms with Crippen LogP contribution in [0.15, 0.2) is 17.0 Å². The molecule has 1 saturated heterocycles. The Morgan fingerprint density at radius 1 is 0.867 bits per heavy atom. The third kappa shape index (κ3) is 4.31. The summed E-state index contributed by atoms with van der Waals surface area (Å²) in [4.78, 5) is 16.1. The van der Waals surface area contributed by atoms with E-state index in [4.69, 9.17) is 0 Å². The Bertz CT molecular complexity index is 870. The quantitative estimate of drug-likeness (QED) is 0.696. The van der Waals surface area contributed by atoms with Crippen molar-refractivity contribution in [1.29, 1.82) is 0 Å². The molecule has 3 fully saturated rings. The van der Waals surface area contributed by atoms with Gasteiger partial charge in [0, 0.05) is 31.1 Å². The normalized spacial score (nSPS) is 22.2.